The Morgan fingerprint density at radius 1 is 1.06 bits per heavy atom. The molecule has 2 aromatic carbocycles. The number of nitrogens with zero attached hydrogens (tertiary/aromatic N) is 1. The second kappa shape index (κ2) is 9.02. The fourth-order valence-corrected chi connectivity index (χ4v) is 4.78. The molecule has 0 spiro atoms. The van der Waals surface area contributed by atoms with E-state index >= 15 is 0 Å². The first-order valence-corrected chi connectivity index (χ1v) is 10.9. The van der Waals surface area contributed by atoms with Crippen LogP contribution in [0.1, 0.15) is 37.3 Å². The number of hydrogen-bond acceptors (Lipinski definition) is 5. The Morgan fingerprint density at radius 3 is 2.25 bits per heavy atom. The van der Waals surface area contributed by atoms with Crippen LogP contribution in [-0.4, -0.2) is 55.2 Å². The summed E-state index contributed by atoms with van der Waals surface area (Å²) in [5.41, 5.74) is 4.55. The first-order valence-electron chi connectivity index (χ1n) is 10.9. The molecule has 1 aliphatic carbocycles. The fraction of sp³-hybridized carbons (Fsp3) is 0.400. The molecule has 1 aliphatic heterocycles. The van der Waals surface area contributed by atoms with Crippen molar-refractivity contribution in [2.24, 2.45) is 5.92 Å². The lowest BCUT2D eigenvalue weighted by atomic mass is 9.98. The lowest BCUT2D eigenvalue weighted by Gasteiger charge is -2.26. The maximum absolute atomic E-state index is 12.9. The highest BCUT2D eigenvalue weighted by Crippen LogP contribution is 2.44. The van der Waals surface area contributed by atoms with Crippen LogP contribution in [0.2, 0.25) is 0 Å². The summed E-state index contributed by atoms with van der Waals surface area (Å²) < 4.78 is 10.4. The molecule has 1 fully saturated rings. The van der Waals surface area contributed by atoms with Gasteiger partial charge in [-0.1, -0.05) is 55.5 Å². The minimum absolute atomic E-state index is 0.0534. The molecule has 1 saturated heterocycles. The summed E-state index contributed by atoms with van der Waals surface area (Å²) in [6.07, 6.45) is -0.106. The third-order valence-electron chi connectivity index (χ3n) is 6.32. The zero-order chi connectivity index (χ0) is 22.8. The SMILES string of the molecule is COC(=O)[C@@H]1CC(C)CN1C(=O)[C@H](C)NC(=O)OCC1c2ccccc2-c2ccccc21. The average molecular weight is 437 g/mol. The van der Waals surface area contributed by atoms with Gasteiger partial charge in [-0.25, -0.2) is 9.59 Å². The largest absolute Gasteiger partial charge is 0.467 e. The molecular formula is C25H28N2O5. The number of carbonyl (C=O) groups excluding carboxylic acids is 3. The van der Waals surface area contributed by atoms with Crippen LogP contribution in [0.25, 0.3) is 11.1 Å². The molecule has 0 aromatic heterocycles. The monoisotopic (exact) mass is 436 g/mol. The van der Waals surface area contributed by atoms with Crippen molar-refractivity contribution in [2.45, 2.75) is 38.3 Å². The van der Waals surface area contributed by atoms with E-state index < -0.39 is 24.1 Å². The first kappa shape index (κ1) is 21.9. The third kappa shape index (κ3) is 4.07. The van der Waals surface area contributed by atoms with Gasteiger partial charge in [0.05, 0.1) is 7.11 Å². The van der Waals surface area contributed by atoms with Gasteiger partial charge in [0.1, 0.15) is 18.7 Å². The van der Waals surface area contributed by atoms with E-state index in [1.165, 1.54) is 12.0 Å². The first-order chi connectivity index (χ1) is 15.4. The van der Waals surface area contributed by atoms with Gasteiger partial charge in [-0.15, -0.1) is 0 Å². The minimum Gasteiger partial charge on any atom is -0.467 e. The van der Waals surface area contributed by atoms with E-state index in [9.17, 15) is 14.4 Å². The fourth-order valence-electron chi connectivity index (χ4n) is 4.78. The van der Waals surface area contributed by atoms with Crippen LogP contribution in [0.15, 0.2) is 48.5 Å². The highest BCUT2D eigenvalue weighted by atomic mass is 16.5. The third-order valence-corrected chi connectivity index (χ3v) is 6.32. The molecular weight excluding hydrogens is 408 g/mol. The molecule has 4 rings (SSSR count). The summed E-state index contributed by atoms with van der Waals surface area (Å²) in [6, 6.07) is 14.8. The molecule has 1 unspecified atom stereocenters. The number of methoxy groups -OCH3 is 1. The second-order valence-corrected chi connectivity index (χ2v) is 8.56. The van der Waals surface area contributed by atoms with Crippen molar-refractivity contribution in [3.8, 4) is 11.1 Å². The summed E-state index contributed by atoms with van der Waals surface area (Å²) in [4.78, 5) is 38.9. The van der Waals surface area contributed by atoms with Gasteiger partial charge in [0.15, 0.2) is 0 Å². The normalized spacial score (nSPS) is 20.3. The minimum atomic E-state index is -0.817. The number of likely N-dealkylation sites (tertiary alicyclic amines) is 1. The van der Waals surface area contributed by atoms with Crippen LogP contribution < -0.4 is 5.32 Å². The topological polar surface area (TPSA) is 84.9 Å². The van der Waals surface area contributed by atoms with Crippen molar-refractivity contribution < 1.29 is 23.9 Å². The maximum Gasteiger partial charge on any atom is 0.407 e. The molecule has 0 bridgehead atoms. The Kier molecular flexibility index (Phi) is 6.17. The number of hydrogen-bond donors (Lipinski definition) is 1. The van der Waals surface area contributed by atoms with Gasteiger partial charge < -0.3 is 19.7 Å². The average Bonchev–Trinajstić information content (AvgIpc) is 3.34. The van der Waals surface area contributed by atoms with E-state index in [4.69, 9.17) is 9.47 Å². The van der Waals surface area contributed by atoms with Crippen LogP contribution in [0.3, 0.4) is 0 Å². The number of amides is 2. The van der Waals surface area contributed by atoms with Crippen LogP contribution >= 0.6 is 0 Å². The number of carbonyl (C=O) groups is 3. The summed E-state index contributed by atoms with van der Waals surface area (Å²) >= 11 is 0. The molecule has 168 valence electrons. The van der Waals surface area contributed by atoms with Crippen LogP contribution in [-0.2, 0) is 19.1 Å². The molecule has 1 heterocycles. The summed E-state index contributed by atoms with van der Waals surface area (Å²) in [5, 5.41) is 2.62. The number of ether oxygens (including phenoxy) is 2. The molecule has 32 heavy (non-hydrogen) atoms. The lowest BCUT2D eigenvalue weighted by molar-refractivity contribution is -0.151. The summed E-state index contributed by atoms with van der Waals surface area (Å²) in [6.45, 7) is 4.20. The Hall–Kier alpha value is -3.35. The standard InChI is InChI=1S/C25H28N2O5/c1-15-12-22(24(29)31-3)27(13-15)23(28)16(2)26-25(30)32-14-21-19-10-6-4-8-17(19)18-9-5-7-11-20(18)21/h4-11,15-16,21-22H,12-14H2,1-3H3,(H,26,30)/t15?,16-,22-/m0/s1. The number of rotatable bonds is 5. The van der Waals surface area contributed by atoms with Crippen molar-refractivity contribution in [3.63, 3.8) is 0 Å². The molecule has 3 atom stereocenters. The smallest absolute Gasteiger partial charge is 0.407 e. The second-order valence-electron chi connectivity index (χ2n) is 8.56. The van der Waals surface area contributed by atoms with Gasteiger partial charge in [-0.3, -0.25) is 4.79 Å². The van der Waals surface area contributed by atoms with E-state index in [0.717, 1.165) is 22.3 Å². The van der Waals surface area contributed by atoms with Gasteiger partial charge in [0.25, 0.3) is 0 Å². The number of benzene rings is 2. The molecule has 1 N–H and O–H groups in total. The van der Waals surface area contributed by atoms with Crippen molar-refractivity contribution >= 4 is 18.0 Å². The zero-order valence-corrected chi connectivity index (χ0v) is 18.5. The maximum atomic E-state index is 12.9. The van der Waals surface area contributed by atoms with Crippen LogP contribution in [0, 0.1) is 5.92 Å². The molecule has 2 amide bonds. The van der Waals surface area contributed by atoms with Gasteiger partial charge in [0, 0.05) is 12.5 Å². The van der Waals surface area contributed by atoms with Crippen LogP contribution in [0.5, 0.6) is 0 Å². The number of esters is 1. The number of alkyl carbamates (subject to hydrolysis) is 1. The van der Waals surface area contributed by atoms with Crippen molar-refractivity contribution in [2.75, 3.05) is 20.3 Å². The van der Waals surface area contributed by atoms with Crippen molar-refractivity contribution in [1.82, 2.24) is 10.2 Å². The number of nitrogens with one attached hydrogen (secondary N) is 1. The Bertz CT molecular complexity index is 991. The van der Waals surface area contributed by atoms with Crippen molar-refractivity contribution in [3.05, 3.63) is 59.7 Å². The zero-order valence-electron chi connectivity index (χ0n) is 18.5. The quantitative estimate of drug-likeness (QED) is 0.727. The Labute approximate surface area is 187 Å². The van der Waals surface area contributed by atoms with E-state index in [0.29, 0.717) is 13.0 Å². The van der Waals surface area contributed by atoms with Gasteiger partial charge >= 0.3 is 12.1 Å². The van der Waals surface area contributed by atoms with Gasteiger partial charge in [-0.05, 0) is 41.5 Å². The highest BCUT2D eigenvalue weighted by Gasteiger charge is 2.40. The molecule has 2 aromatic rings. The van der Waals surface area contributed by atoms with E-state index in [-0.39, 0.29) is 24.3 Å². The van der Waals surface area contributed by atoms with E-state index in [2.05, 4.69) is 29.6 Å². The predicted octanol–water partition coefficient (Wildman–Crippen LogP) is 3.32. The lowest BCUT2D eigenvalue weighted by Crippen LogP contribution is -2.50. The molecule has 7 heteroatoms. The Balaban J connectivity index is 1.38. The number of fused-ring (bicyclic) bond motifs is 3. The summed E-state index contributed by atoms with van der Waals surface area (Å²) in [5.74, 6) is -0.624. The van der Waals surface area contributed by atoms with Crippen molar-refractivity contribution in [1.29, 1.82) is 0 Å². The Morgan fingerprint density at radius 2 is 1.66 bits per heavy atom. The van der Waals surface area contributed by atoms with E-state index in [1.54, 1.807) is 6.92 Å². The molecule has 2 aliphatic rings. The van der Waals surface area contributed by atoms with Gasteiger partial charge in [0.2, 0.25) is 5.91 Å². The van der Waals surface area contributed by atoms with Crippen LogP contribution in [0.4, 0.5) is 4.79 Å². The summed E-state index contributed by atoms with van der Waals surface area (Å²) in [7, 11) is 1.31. The molecule has 0 radical (unpaired) electrons. The highest BCUT2D eigenvalue weighted by molar-refractivity contribution is 5.90. The predicted molar refractivity (Wildman–Crippen MR) is 119 cm³/mol. The molecule has 7 nitrogen and oxygen atoms in total. The molecule has 0 saturated carbocycles. The van der Waals surface area contributed by atoms with Gasteiger partial charge in [-0.2, -0.15) is 0 Å². The van der Waals surface area contributed by atoms with E-state index in [1.807, 2.05) is 31.2 Å².